The molecule has 0 fully saturated rings. The molecule has 0 atom stereocenters. The van der Waals surface area contributed by atoms with Gasteiger partial charge in [-0.1, -0.05) is 27.7 Å². The second-order valence-electron chi connectivity index (χ2n) is 4.11. The predicted molar refractivity (Wildman–Crippen MR) is 59.8 cm³/mol. The van der Waals surface area contributed by atoms with Crippen molar-refractivity contribution in [3.05, 3.63) is 16.1 Å². The Morgan fingerprint density at radius 3 is 2.50 bits per heavy atom. The van der Waals surface area contributed by atoms with Crippen LogP contribution in [0.5, 0.6) is 0 Å². The van der Waals surface area contributed by atoms with Gasteiger partial charge in [0.25, 0.3) is 0 Å². The van der Waals surface area contributed by atoms with Gasteiger partial charge < -0.3 is 0 Å². The number of hydrogen-bond acceptors (Lipinski definition) is 3. The van der Waals surface area contributed by atoms with Gasteiger partial charge in [0.2, 0.25) is 0 Å². The maximum Gasteiger partial charge on any atom is 0.142 e. The molecule has 0 aliphatic carbocycles. The van der Waals surface area contributed by atoms with Crippen LogP contribution in [0.25, 0.3) is 0 Å². The van der Waals surface area contributed by atoms with E-state index in [1.54, 1.807) is 11.3 Å². The molecule has 2 nitrogen and oxygen atoms in total. The van der Waals surface area contributed by atoms with Gasteiger partial charge >= 0.3 is 0 Å². The fraction of sp³-hybridized carbons (Fsp3) is 0.636. The molecule has 1 aromatic rings. The fourth-order valence-electron chi connectivity index (χ4n) is 1.03. The smallest absolute Gasteiger partial charge is 0.142 e. The highest BCUT2D eigenvalue weighted by Gasteiger charge is 2.12. The topological polar surface area (TPSA) is 30.0 Å². The summed E-state index contributed by atoms with van der Waals surface area (Å²) in [5, 5.41) is 0.951. The number of rotatable bonds is 4. The Balaban J connectivity index is 2.64. The minimum Gasteiger partial charge on any atom is -0.299 e. The number of carbonyl (C=O) groups is 1. The van der Waals surface area contributed by atoms with Crippen molar-refractivity contribution < 1.29 is 4.79 Å². The molecule has 0 unspecified atom stereocenters. The highest BCUT2D eigenvalue weighted by atomic mass is 32.1. The van der Waals surface area contributed by atoms with Gasteiger partial charge in [-0.3, -0.25) is 4.79 Å². The monoisotopic (exact) mass is 211 g/mol. The van der Waals surface area contributed by atoms with Gasteiger partial charge in [0.15, 0.2) is 0 Å². The van der Waals surface area contributed by atoms with E-state index in [-0.39, 0.29) is 11.7 Å². The van der Waals surface area contributed by atoms with Gasteiger partial charge in [-0.25, -0.2) is 4.98 Å². The first-order valence-electron chi connectivity index (χ1n) is 4.98. The van der Waals surface area contributed by atoms with Crippen LogP contribution in [-0.4, -0.2) is 10.8 Å². The molecule has 0 aliphatic rings. The van der Waals surface area contributed by atoms with Gasteiger partial charge in [-0.05, 0) is 5.92 Å². The van der Waals surface area contributed by atoms with Crippen molar-refractivity contribution in [1.29, 1.82) is 0 Å². The molecule has 0 spiro atoms. The van der Waals surface area contributed by atoms with Gasteiger partial charge in [0, 0.05) is 17.0 Å². The van der Waals surface area contributed by atoms with E-state index < -0.39 is 0 Å². The van der Waals surface area contributed by atoms with E-state index in [2.05, 4.69) is 18.8 Å². The lowest BCUT2D eigenvalue weighted by Gasteiger charge is -2.00. The zero-order chi connectivity index (χ0) is 10.7. The minimum absolute atomic E-state index is 0.112. The second-order valence-corrected chi connectivity index (χ2v) is 5.26. The summed E-state index contributed by atoms with van der Waals surface area (Å²) in [5.41, 5.74) is 0. The van der Waals surface area contributed by atoms with Crippen molar-refractivity contribution in [3.63, 3.8) is 0 Å². The van der Waals surface area contributed by atoms with Crippen molar-refractivity contribution in [1.82, 2.24) is 4.98 Å². The Morgan fingerprint density at radius 2 is 2.07 bits per heavy atom. The summed E-state index contributed by atoms with van der Waals surface area (Å²) in [7, 11) is 0. The van der Waals surface area contributed by atoms with Crippen molar-refractivity contribution in [2.45, 2.75) is 40.0 Å². The third-order valence-corrected chi connectivity index (χ3v) is 3.41. The summed E-state index contributed by atoms with van der Waals surface area (Å²) < 4.78 is 0. The molecule has 3 heteroatoms. The van der Waals surface area contributed by atoms with Crippen molar-refractivity contribution in [2.24, 2.45) is 5.92 Å². The maximum atomic E-state index is 11.5. The molecular weight excluding hydrogens is 194 g/mol. The third-order valence-electron chi connectivity index (χ3n) is 2.11. The molecule has 14 heavy (non-hydrogen) atoms. The number of Topliss-reactive ketones (excluding diaryl/α,β-unsaturated/α-hetero) is 1. The fourth-order valence-corrected chi connectivity index (χ4v) is 1.96. The van der Waals surface area contributed by atoms with Crippen molar-refractivity contribution in [2.75, 3.05) is 0 Å². The molecule has 0 bridgehead atoms. The van der Waals surface area contributed by atoms with Crippen LogP contribution in [0.15, 0.2) is 6.20 Å². The summed E-state index contributed by atoms with van der Waals surface area (Å²) in [6.07, 6.45) is 2.38. The quantitative estimate of drug-likeness (QED) is 0.766. The lowest BCUT2D eigenvalue weighted by molar-refractivity contribution is -0.121. The van der Waals surface area contributed by atoms with Crippen LogP contribution in [0.2, 0.25) is 0 Å². The zero-order valence-electron chi connectivity index (χ0n) is 9.20. The lowest BCUT2D eigenvalue weighted by Crippen LogP contribution is -2.09. The van der Waals surface area contributed by atoms with E-state index in [0.29, 0.717) is 12.3 Å². The minimum atomic E-state index is 0.112. The number of nitrogens with zero attached hydrogens (tertiary/aromatic N) is 1. The van der Waals surface area contributed by atoms with Gasteiger partial charge in [-0.15, -0.1) is 11.3 Å². The molecule has 0 aliphatic heterocycles. The molecule has 1 heterocycles. The Hall–Kier alpha value is -0.700. The molecule has 0 amide bonds. The molecule has 1 aromatic heterocycles. The molecule has 0 N–H and O–H groups in total. The summed E-state index contributed by atoms with van der Waals surface area (Å²) >= 11 is 1.65. The van der Waals surface area contributed by atoms with E-state index in [4.69, 9.17) is 0 Å². The number of aromatic nitrogens is 1. The average molecular weight is 211 g/mol. The van der Waals surface area contributed by atoms with Crippen LogP contribution in [0, 0.1) is 5.92 Å². The first kappa shape index (κ1) is 11.4. The predicted octanol–water partition coefficient (Wildman–Crippen LogP) is 3.03. The van der Waals surface area contributed by atoms with Crippen molar-refractivity contribution >= 4 is 17.1 Å². The highest BCUT2D eigenvalue weighted by molar-refractivity contribution is 7.11. The normalized spacial score (nSPS) is 11.3. The number of ketones is 1. The van der Waals surface area contributed by atoms with E-state index in [9.17, 15) is 4.79 Å². The molecule has 78 valence electrons. The maximum absolute atomic E-state index is 11.5. The highest BCUT2D eigenvalue weighted by Crippen LogP contribution is 2.22. The molecule has 0 saturated heterocycles. The number of carbonyl (C=O) groups excluding carboxylic acids is 1. The van der Waals surface area contributed by atoms with Gasteiger partial charge in [0.05, 0.1) is 6.42 Å². The van der Waals surface area contributed by atoms with Crippen LogP contribution < -0.4 is 0 Å². The Morgan fingerprint density at radius 1 is 1.43 bits per heavy atom. The Bertz CT molecular complexity index is 315. The molecule has 0 radical (unpaired) electrons. The average Bonchev–Trinajstić information content (AvgIpc) is 2.52. The zero-order valence-corrected chi connectivity index (χ0v) is 10.0. The molecule has 1 rings (SSSR count). The van der Waals surface area contributed by atoms with Crippen LogP contribution in [0.3, 0.4) is 0 Å². The standard InChI is InChI=1S/C11H17NOS/c1-7(2)9(13)5-11-12-6-10(14-11)8(3)4/h6-8H,5H2,1-4H3. The van der Waals surface area contributed by atoms with Gasteiger partial charge in [0.1, 0.15) is 10.8 Å². The van der Waals surface area contributed by atoms with Crippen LogP contribution in [0.1, 0.15) is 43.5 Å². The largest absolute Gasteiger partial charge is 0.299 e. The van der Waals surface area contributed by atoms with E-state index in [0.717, 1.165) is 5.01 Å². The van der Waals surface area contributed by atoms with E-state index in [1.807, 2.05) is 20.0 Å². The summed E-state index contributed by atoms with van der Waals surface area (Å²) in [5.74, 6) is 0.895. The summed E-state index contributed by atoms with van der Waals surface area (Å²) in [4.78, 5) is 17.0. The summed E-state index contributed by atoms with van der Waals surface area (Å²) in [6.45, 7) is 8.14. The first-order chi connectivity index (χ1) is 6.50. The van der Waals surface area contributed by atoms with E-state index >= 15 is 0 Å². The van der Waals surface area contributed by atoms with Gasteiger partial charge in [-0.2, -0.15) is 0 Å². The first-order valence-corrected chi connectivity index (χ1v) is 5.79. The van der Waals surface area contributed by atoms with Crippen LogP contribution in [-0.2, 0) is 11.2 Å². The Labute approximate surface area is 89.4 Å². The third kappa shape index (κ3) is 2.91. The lowest BCUT2D eigenvalue weighted by atomic mass is 10.1. The van der Waals surface area contributed by atoms with E-state index in [1.165, 1.54) is 4.88 Å². The number of thiazole rings is 1. The number of hydrogen-bond donors (Lipinski definition) is 0. The van der Waals surface area contributed by atoms with Crippen LogP contribution >= 0.6 is 11.3 Å². The van der Waals surface area contributed by atoms with Crippen LogP contribution in [0.4, 0.5) is 0 Å². The summed E-state index contributed by atoms with van der Waals surface area (Å²) in [6, 6.07) is 0. The molecule has 0 saturated carbocycles. The molecular formula is C11H17NOS. The SMILES string of the molecule is CC(C)C(=O)Cc1ncc(C(C)C)s1. The second kappa shape index (κ2) is 4.69. The Kier molecular flexibility index (Phi) is 3.81. The van der Waals surface area contributed by atoms with Crippen molar-refractivity contribution in [3.8, 4) is 0 Å². The molecule has 0 aromatic carbocycles.